The third kappa shape index (κ3) is 4.04. The lowest BCUT2D eigenvalue weighted by molar-refractivity contribution is -0.0258. The molecular formula is C19H16BrN3O5S. The third-order valence-corrected chi connectivity index (χ3v) is 6.65. The van der Waals surface area contributed by atoms with E-state index in [1.807, 2.05) is 12.1 Å². The maximum atomic E-state index is 12.6. The summed E-state index contributed by atoms with van der Waals surface area (Å²) in [5, 5.41) is 9.44. The second-order valence-corrected chi connectivity index (χ2v) is 8.74. The summed E-state index contributed by atoms with van der Waals surface area (Å²) >= 11 is 3.24. The summed E-state index contributed by atoms with van der Waals surface area (Å²) in [6, 6.07) is 11.5. The van der Waals surface area contributed by atoms with Gasteiger partial charge < -0.3 is 9.14 Å². The Morgan fingerprint density at radius 1 is 1.31 bits per heavy atom. The summed E-state index contributed by atoms with van der Waals surface area (Å²) in [6.07, 6.45) is 3.50. The monoisotopic (exact) mass is 477 g/mol. The third-order valence-electron chi connectivity index (χ3n) is 4.28. The molecule has 0 spiro atoms. The summed E-state index contributed by atoms with van der Waals surface area (Å²) < 4.78 is 33.0. The first kappa shape index (κ1) is 21.0. The van der Waals surface area contributed by atoms with Crippen molar-refractivity contribution >= 4 is 37.4 Å². The number of sulfonamides is 1. The van der Waals surface area contributed by atoms with Crippen LogP contribution in [0.15, 0.2) is 58.2 Å². The molecule has 0 bridgehead atoms. The zero-order valence-corrected chi connectivity index (χ0v) is 17.9. The molecule has 0 saturated carbocycles. The minimum atomic E-state index is -3.92. The Kier molecular flexibility index (Phi) is 6.04. The number of aromatic nitrogens is 1. The second kappa shape index (κ2) is 8.34. The van der Waals surface area contributed by atoms with Crippen molar-refractivity contribution in [2.45, 2.75) is 11.5 Å². The van der Waals surface area contributed by atoms with E-state index < -0.39 is 16.0 Å². The molecule has 0 fully saturated rings. The molecule has 0 radical (unpaired) electrons. The molecule has 8 nitrogen and oxygen atoms in total. The highest BCUT2D eigenvalue weighted by Crippen LogP contribution is 2.25. The molecule has 0 N–H and O–H groups in total. The Balaban J connectivity index is 1.87. The van der Waals surface area contributed by atoms with Crippen molar-refractivity contribution in [2.75, 3.05) is 14.2 Å². The molecule has 2 aromatic heterocycles. The Hall–Kier alpha value is -2.71. The fourth-order valence-electron chi connectivity index (χ4n) is 2.70. The summed E-state index contributed by atoms with van der Waals surface area (Å²) in [7, 11) is -1.45. The maximum absolute atomic E-state index is 12.6. The molecule has 0 saturated heterocycles. The fourth-order valence-corrected chi connectivity index (χ4v) is 4.11. The van der Waals surface area contributed by atoms with Crippen LogP contribution in [0.3, 0.4) is 0 Å². The zero-order valence-electron chi connectivity index (χ0n) is 15.5. The van der Waals surface area contributed by atoms with Crippen LogP contribution in [0, 0.1) is 11.3 Å². The van der Waals surface area contributed by atoms with E-state index in [0.29, 0.717) is 25.6 Å². The van der Waals surface area contributed by atoms with Crippen molar-refractivity contribution in [3.8, 4) is 6.07 Å². The second-order valence-electron chi connectivity index (χ2n) is 5.95. The lowest BCUT2D eigenvalue weighted by atomic mass is 10.2. The van der Waals surface area contributed by atoms with Crippen molar-refractivity contribution in [1.82, 2.24) is 8.87 Å². The number of hydroxylamine groups is 1. The van der Waals surface area contributed by atoms with Gasteiger partial charge in [-0.1, -0.05) is 10.5 Å². The first-order chi connectivity index (χ1) is 13.8. The van der Waals surface area contributed by atoms with E-state index in [9.17, 15) is 18.5 Å². The standard InChI is InChI=1S/C19H16BrN3O5S/c1-22(27-2)29(25,26)14-6-7-17(20)15(9-14)19(24)28-12-13-11-23-8-4-3-5-18(23)16(13)10-21/h3-9,11H,12H2,1-2H3. The number of halogens is 1. The summed E-state index contributed by atoms with van der Waals surface area (Å²) in [6.45, 7) is -0.134. The highest BCUT2D eigenvalue weighted by Gasteiger charge is 2.24. The zero-order chi connectivity index (χ0) is 21.2. The molecule has 150 valence electrons. The van der Waals surface area contributed by atoms with Crippen LogP contribution < -0.4 is 0 Å². The quantitative estimate of drug-likeness (QED) is 0.399. The molecule has 3 aromatic rings. The van der Waals surface area contributed by atoms with Gasteiger partial charge in [-0.05, 0) is 46.3 Å². The van der Waals surface area contributed by atoms with Gasteiger partial charge in [-0.3, -0.25) is 4.84 Å². The number of nitriles is 1. The van der Waals surface area contributed by atoms with Crippen molar-refractivity contribution in [3.63, 3.8) is 0 Å². The van der Waals surface area contributed by atoms with Gasteiger partial charge in [0, 0.05) is 29.5 Å². The molecule has 10 heteroatoms. The van der Waals surface area contributed by atoms with Crippen LogP contribution in [0.25, 0.3) is 5.52 Å². The number of carbonyl (C=O) groups is 1. The van der Waals surface area contributed by atoms with Gasteiger partial charge in [0.25, 0.3) is 10.0 Å². The van der Waals surface area contributed by atoms with Gasteiger partial charge in [0.05, 0.1) is 28.6 Å². The number of rotatable bonds is 6. The molecule has 3 rings (SSSR count). The largest absolute Gasteiger partial charge is 0.457 e. The van der Waals surface area contributed by atoms with E-state index in [0.717, 1.165) is 0 Å². The van der Waals surface area contributed by atoms with E-state index >= 15 is 0 Å². The number of carbonyl (C=O) groups excluding carboxylic acids is 1. The highest BCUT2D eigenvalue weighted by molar-refractivity contribution is 9.10. The maximum Gasteiger partial charge on any atom is 0.339 e. The van der Waals surface area contributed by atoms with E-state index in [1.165, 1.54) is 32.4 Å². The van der Waals surface area contributed by atoms with E-state index in [2.05, 4.69) is 22.0 Å². The predicted octanol–water partition coefficient (Wildman–Crippen LogP) is 3.11. The lowest BCUT2D eigenvalue weighted by Gasteiger charge is -2.15. The number of pyridine rings is 1. The molecular weight excluding hydrogens is 462 g/mol. The Labute approximate surface area is 176 Å². The first-order valence-electron chi connectivity index (χ1n) is 8.28. The summed E-state index contributed by atoms with van der Waals surface area (Å²) in [4.78, 5) is 17.2. The minimum absolute atomic E-state index is 0.0397. The van der Waals surface area contributed by atoms with Crippen LogP contribution in [0.5, 0.6) is 0 Å². The van der Waals surface area contributed by atoms with Crippen LogP contribution in [0.2, 0.25) is 0 Å². The molecule has 2 heterocycles. The van der Waals surface area contributed by atoms with Crippen molar-refractivity contribution < 1.29 is 22.8 Å². The van der Waals surface area contributed by atoms with E-state index in [4.69, 9.17) is 9.57 Å². The van der Waals surface area contributed by atoms with Crippen molar-refractivity contribution in [1.29, 1.82) is 5.26 Å². The van der Waals surface area contributed by atoms with Gasteiger partial charge in [-0.25, -0.2) is 13.2 Å². The summed E-state index contributed by atoms with van der Waals surface area (Å²) in [5.41, 5.74) is 1.71. The van der Waals surface area contributed by atoms with Crippen LogP contribution >= 0.6 is 15.9 Å². The summed E-state index contributed by atoms with van der Waals surface area (Å²) in [5.74, 6) is -0.729. The normalized spacial score (nSPS) is 11.6. The molecule has 1 aromatic carbocycles. The Morgan fingerprint density at radius 3 is 2.76 bits per heavy atom. The smallest absolute Gasteiger partial charge is 0.339 e. The number of hydrogen-bond donors (Lipinski definition) is 0. The molecule has 0 aliphatic heterocycles. The SMILES string of the molecule is CON(C)S(=O)(=O)c1ccc(Br)c(C(=O)OCc2cn3ccccc3c2C#N)c1. The van der Waals surface area contributed by atoms with Gasteiger partial charge in [-0.15, -0.1) is 0 Å². The number of hydrogen-bond acceptors (Lipinski definition) is 6. The topological polar surface area (TPSA) is 101 Å². The highest BCUT2D eigenvalue weighted by atomic mass is 79.9. The molecule has 0 aliphatic rings. The minimum Gasteiger partial charge on any atom is -0.457 e. The van der Waals surface area contributed by atoms with Crippen LogP contribution in [0.4, 0.5) is 0 Å². The number of benzene rings is 1. The molecule has 0 amide bonds. The van der Waals surface area contributed by atoms with Gasteiger partial charge in [0.2, 0.25) is 0 Å². The van der Waals surface area contributed by atoms with Gasteiger partial charge in [0.1, 0.15) is 12.7 Å². The molecule has 0 unspecified atom stereocenters. The predicted molar refractivity (Wildman–Crippen MR) is 107 cm³/mol. The lowest BCUT2D eigenvalue weighted by Crippen LogP contribution is -2.26. The first-order valence-corrected chi connectivity index (χ1v) is 10.5. The van der Waals surface area contributed by atoms with Gasteiger partial charge >= 0.3 is 5.97 Å². The Bertz CT molecular complexity index is 1230. The van der Waals surface area contributed by atoms with Crippen LogP contribution in [-0.2, 0) is 26.2 Å². The van der Waals surface area contributed by atoms with Crippen molar-refractivity contribution in [3.05, 3.63) is 70.0 Å². The number of fused-ring (bicyclic) bond motifs is 1. The van der Waals surface area contributed by atoms with Crippen LogP contribution in [0.1, 0.15) is 21.5 Å². The molecule has 0 atom stereocenters. The number of nitrogens with zero attached hydrogens (tertiary/aromatic N) is 3. The molecule has 0 aliphatic carbocycles. The average molecular weight is 478 g/mol. The Morgan fingerprint density at radius 2 is 2.07 bits per heavy atom. The van der Waals surface area contributed by atoms with E-state index in [-0.39, 0.29) is 17.1 Å². The fraction of sp³-hybridized carbons (Fsp3) is 0.158. The van der Waals surface area contributed by atoms with Crippen LogP contribution in [-0.4, -0.2) is 37.4 Å². The number of ether oxygens (including phenoxy) is 1. The van der Waals surface area contributed by atoms with Gasteiger partial charge in [0.15, 0.2) is 0 Å². The van der Waals surface area contributed by atoms with Gasteiger partial charge in [-0.2, -0.15) is 5.26 Å². The van der Waals surface area contributed by atoms with Crippen molar-refractivity contribution in [2.24, 2.45) is 0 Å². The number of esters is 1. The molecule has 29 heavy (non-hydrogen) atoms. The van der Waals surface area contributed by atoms with E-state index in [1.54, 1.807) is 22.9 Å². The average Bonchev–Trinajstić information content (AvgIpc) is 3.08.